The van der Waals surface area contributed by atoms with Gasteiger partial charge in [0.15, 0.2) is 21.4 Å². The molecule has 1 aromatic carbocycles. The summed E-state index contributed by atoms with van der Waals surface area (Å²) in [5.41, 5.74) is 7.99. The summed E-state index contributed by atoms with van der Waals surface area (Å²) in [4.78, 5) is 32.0. The van der Waals surface area contributed by atoms with E-state index >= 15 is 0 Å². The first-order valence-electron chi connectivity index (χ1n) is 12.7. The molecule has 2 aliphatic rings. The molecule has 11 heteroatoms. The highest BCUT2D eigenvalue weighted by Gasteiger charge is 2.61. The van der Waals surface area contributed by atoms with E-state index in [2.05, 4.69) is 11.6 Å². The second kappa shape index (κ2) is 10.3. The fourth-order valence-corrected chi connectivity index (χ4v) is 7.28. The number of amides is 1. The Morgan fingerprint density at radius 3 is 2.45 bits per heavy atom. The van der Waals surface area contributed by atoms with Gasteiger partial charge in [0.1, 0.15) is 16.3 Å². The number of benzene rings is 1. The Morgan fingerprint density at radius 2 is 1.84 bits per heavy atom. The van der Waals surface area contributed by atoms with Crippen LogP contribution < -0.4 is 5.73 Å². The maximum absolute atomic E-state index is 13.3. The van der Waals surface area contributed by atoms with Crippen molar-refractivity contribution in [2.24, 2.45) is 5.73 Å². The van der Waals surface area contributed by atoms with Crippen molar-refractivity contribution in [3.63, 3.8) is 0 Å². The molecule has 38 heavy (non-hydrogen) atoms. The number of Topliss-reactive ketones (excluding diaryl/α,β-unsaturated/α-hetero) is 1. The lowest BCUT2D eigenvalue weighted by Gasteiger charge is -2.35. The summed E-state index contributed by atoms with van der Waals surface area (Å²) in [5.74, 6) is -0.681. The lowest BCUT2D eigenvalue weighted by molar-refractivity contribution is 0.0698. The number of fused-ring (bicyclic) bond motifs is 1. The van der Waals surface area contributed by atoms with Crippen molar-refractivity contribution >= 4 is 39.0 Å². The zero-order valence-electron chi connectivity index (χ0n) is 21.8. The third-order valence-electron chi connectivity index (χ3n) is 7.77. The van der Waals surface area contributed by atoms with Crippen LogP contribution >= 0.6 is 11.6 Å². The van der Waals surface area contributed by atoms with Crippen molar-refractivity contribution in [2.45, 2.75) is 68.4 Å². The number of aryl methyl sites for hydroxylation is 1. The molecular weight excluding hydrogens is 526 g/mol. The molecule has 1 amide bonds. The minimum Gasteiger partial charge on any atom is -0.386 e. The minimum atomic E-state index is -3.81. The Bertz CT molecular complexity index is 1390. The molecule has 1 aromatic heterocycles. The predicted molar refractivity (Wildman–Crippen MR) is 147 cm³/mol. The average Bonchev–Trinajstić information content (AvgIpc) is 3.54. The van der Waals surface area contributed by atoms with E-state index in [1.165, 1.54) is 24.9 Å². The lowest BCUT2D eigenvalue weighted by atomic mass is 10.0. The highest BCUT2D eigenvalue weighted by molar-refractivity contribution is 7.95. The van der Waals surface area contributed by atoms with Crippen molar-refractivity contribution in [3.8, 4) is 0 Å². The van der Waals surface area contributed by atoms with E-state index in [9.17, 15) is 18.0 Å². The second-order valence-corrected chi connectivity index (χ2v) is 14.1. The monoisotopic (exact) mass is 559 g/mol. The molecule has 204 valence electrons. The van der Waals surface area contributed by atoms with E-state index in [0.717, 1.165) is 24.0 Å². The van der Waals surface area contributed by atoms with Gasteiger partial charge < -0.3 is 15.2 Å². The molecule has 2 aromatic rings. The van der Waals surface area contributed by atoms with Crippen LogP contribution in [0, 0.1) is 5.41 Å². The van der Waals surface area contributed by atoms with E-state index in [1.54, 1.807) is 4.57 Å². The second-order valence-electron chi connectivity index (χ2n) is 10.8. The van der Waals surface area contributed by atoms with Crippen molar-refractivity contribution in [2.75, 3.05) is 13.1 Å². The number of rotatable bonds is 12. The lowest BCUT2D eigenvalue weighted by Crippen LogP contribution is -2.54. The highest BCUT2D eigenvalue weighted by atomic mass is 35.5. The number of hydrogen-bond donors (Lipinski definition) is 2. The molecule has 0 atom stereocenters. The third-order valence-corrected chi connectivity index (χ3v) is 11.3. The third kappa shape index (κ3) is 5.16. The van der Waals surface area contributed by atoms with Gasteiger partial charge in [-0.05, 0) is 63.6 Å². The zero-order chi connectivity index (χ0) is 27.9. The molecule has 0 unspecified atom stereocenters. The molecule has 1 fully saturated rings. The molecular formula is C27H34ClN5O4S. The van der Waals surface area contributed by atoms with Crippen LogP contribution in [0.5, 0.6) is 0 Å². The largest absolute Gasteiger partial charge is 0.386 e. The fraction of sp³-hybridized carbons (Fsp3) is 0.481. The molecule has 0 bridgehead atoms. The standard InChI is InChI=1S/C27H34ClN5O4S/c1-18(4-6-19-7-9-20(28)10-8-19)5-11-22(34)23-31-16-21-24(35)32(14-15-33(21)23)17-27(12-13-27)38(36,37)26(2,3)25(29)30/h7-10,16H,1,4-6,11-15,17H2,2-3H3,(H3,29,30). The number of sulfone groups is 1. The molecule has 9 nitrogen and oxygen atoms in total. The number of nitrogens with two attached hydrogens (primary N) is 1. The summed E-state index contributed by atoms with van der Waals surface area (Å²) < 4.78 is 25.7. The summed E-state index contributed by atoms with van der Waals surface area (Å²) >= 11 is 5.93. The van der Waals surface area contributed by atoms with Gasteiger partial charge >= 0.3 is 0 Å². The summed E-state index contributed by atoms with van der Waals surface area (Å²) in [5, 5.41) is 8.45. The number of carbonyl (C=O) groups is 2. The van der Waals surface area contributed by atoms with E-state index in [-0.39, 0.29) is 42.7 Å². The van der Waals surface area contributed by atoms with Crippen molar-refractivity contribution in [3.05, 3.63) is 64.7 Å². The van der Waals surface area contributed by atoms with Gasteiger partial charge in [0.25, 0.3) is 5.91 Å². The minimum absolute atomic E-state index is 0.0345. The first-order valence-corrected chi connectivity index (χ1v) is 14.5. The summed E-state index contributed by atoms with van der Waals surface area (Å²) in [6.45, 7) is 7.63. The van der Waals surface area contributed by atoms with E-state index in [4.69, 9.17) is 22.7 Å². The van der Waals surface area contributed by atoms with E-state index in [0.29, 0.717) is 30.8 Å². The fourth-order valence-electron chi connectivity index (χ4n) is 4.81. The van der Waals surface area contributed by atoms with Crippen LogP contribution in [0.3, 0.4) is 0 Å². The molecule has 1 saturated carbocycles. The number of amidine groups is 1. The summed E-state index contributed by atoms with van der Waals surface area (Å²) in [6.07, 6.45) is 4.57. The SMILES string of the molecule is C=C(CCC(=O)c1ncc2n1CCN(CC1(S(=O)(=O)C(C)(C)C(=N)N)CC1)C2=O)CCc1ccc(Cl)cc1. The first-order chi connectivity index (χ1) is 17.8. The number of nitrogens with zero attached hydrogens (tertiary/aromatic N) is 3. The van der Waals surface area contributed by atoms with Crippen molar-refractivity contribution in [1.82, 2.24) is 14.5 Å². The molecule has 0 radical (unpaired) electrons. The number of nitrogens with one attached hydrogen (secondary N) is 1. The van der Waals surface area contributed by atoms with Crippen LogP contribution in [-0.2, 0) is 22.8 Å². The maximum atomic E-state index is 13.3. The van der Waals surface area contributed by atoms with Gasteiger partial charge in [-0.2, -0.15) is 0 Å². The Balaban J connectivity index is 1.37. The normalized spacial score (nSPS) is 16.7. The molecule has 0 saturated heterocycles. The molecule has 1 aliphatic heterocycles. The van der Waals surface area contributed by atoms with E-state index in [1.807, 2.05) is 24.3 Å². The number of carbonyl (C=O) groups excluding carboxylic acids is 2. The zero-order valence-corrected chi connectivity index (χ0v) is 23.4. The molecule has 0 spiro atoms. The quantitative estimate of drug-likeness (QED) is 0.175. The van der Waals surface area contributed by atoms with Gasteiger partial charge in [0.05, 0.1) is 10.9 Å². The molecule has 4 rings (SSSR count). The first kappa shape index (κ1) is 28.0. The van der Waals surface area contributed by atoms with Crippen LogP contribution in [0.2, 0.25) is 5.02 Å². The summed E-state index contributed by atoms with van der Waals surface area (Å²) in [7, 11) is -3.81. The predicted octanol–water partition coefficient (Wildman–Crippen LogP) is 3.81. The van der Waals surface area contributed by atoms with Crippen LogP contribution in [-0.4, -0.2) is 63.0 Å². The van der Waals surface area contributed by atoms with Gasteiger partial charge in [0, 0.05) is 31.1 Å². The number of allylic oxidation sites excluding steroid dienone is 1. The number of ketones is 1. The van der Waals surface area contributed by atoms with Gasteiger partial charge in [-0.25, -0.2) is 13.4 Å². The Kier molecular flexibility index (Phi) is 7.60. The Hall–Kier alpha value is -2.98. The number of halogens is 1. The van der Waals surface area contributed by atoms with Crippen LogP contribution in [0.25, 0.3) is 0 Å². The van der Waals surface area contributed by atoms with Crippen LogP contribution in [0.4, 0.5) is 0 Å². The van der Waals surface area contributed by atoms with Crippen LogP contribution in [0.15, 0.2) is 42.6 Å². The average molecular weight is 560 g/mol. The topological polar surface area (TPSA) is 139 Å². The van der Waals surface area contributed by atoms with Crippen molar-refractivity contribution in [1.29, 1.82) is 5.41 Å². The van der Waals surface area contributed by atoms with Gasteiger partial charge in [-0.1, -0.05) is 35.9 Å². The van der Waals surface area contributed by atoms with Crippen molar-refractivity contribution < 1.29 is 18.0 Å². The molecule has 3 N–H and O–H groups in total. The maximum Gasteiger partial charge on any atom is 0.272 e. The number of hydrogen-bond acceptors (Lipinski definition) is 6. The number of imidazole rings is 1. The highest BCUT2D eigenvalue weighted by Crippen LogP contribution is 2.49. The van der Waals surface area contributed by atoms with Gasteiger partial charge in [-0.15, -0.1) is 0 Å². The Labute approximate surface area is 228 Å². The number of aromatic nitrogens is 2. The molecule has 2 heterocycles. The van der Waals surface area contributed by atoms with Crippen LogP contribution in [0.1, 0.15) is 72.6 Å². The smallest absolute Gasteiger partial charge is 0.272 e. The van der Waals surface area contributed by atoms with E-state index < -0.39 is 25.2 Å². The van der Waals surface area contributed by atoms with Gasteiger partial charge in [-0.3, -0.25) is 15.0 Å². The molecule has 1 aliphatic carbocycles. The summed E-state index contributed by atoms with van der Waals surface area (Å²) in [6, 6.07) is 7.65. The Morgan fingerprint density at radius 1 is 1.18 bits per heavy atom. The van der Waals surface area contributed by atoms with Gasteiger partial charge in [0.2, 0.25) is 0 Å².